The summed E-state index contributed by atoms with van der Waals surface area (Å²) in [7, 11) is 0. The van der Waals surface area contributed by atoms with Gasteiger partial charge in [-0.2, -0.15) is 5.26 Å². The SMILES string of the molecule is Cc1ccc(N2C(=O)C(Cc3ccccc3Cl)S/C2=C(/C#N)C(=O)NCc2ccccc2)cc1C. The molecule has 176 valence electrons. The van der Waals surface area contributed by atoms with Crippen LogP contribution in [0.25, 0.3) is 0 Å². The number of benzene rings is 3. The van der Waals surface area contributed by atoms with Gasteiger partial charge in [0.2, 0.25) is 5.91 Å². The van der Waals surface area contributed by atoms with E-state index in [9.17, 15) is 14.9 Å². The third kappa shape index (κ3) is 5.43. The third-order valence-corrected chi connectivity index (χ3v) is 7.54. The Hall–Kier alpha value is -3.53. The molecule has 0 bridgehead atoms. The quantitative estimate of drug-likeness (QED) is 0.347. The lowest BCUT2D eigenvalue weighted by atomic mass is 10.1. The molecule has 5 nitrogen and oxygen atoms in total. The number of thioether (sulfide) groups is 1. The van der Waals surface area contributed by atoms with Crippen LogP contribution in [-0.2, 0) is 22.6 Å². The number of amides is 2. The molecule has 4 rings (SSSR count). The summed E-state index contributed by atoms with van der Waals surface area (Å²) < 4.78 is 0. The molecule has 2 amide bonds. The second-order valence-electron chi connectivity index (χ2n) is 8.30. The maximum absolute atomic E-state index is 13.6. The van der Waals surface area contributed by atoms with Gasteiger partial charge in [-0.15, -0.1) is 0 Å². The van der Waals surface area contributed by atoms with Crippen molar-refractivity contribution in [2.45, 2.75) is 32.1 Å². The molecule has 1 aliphatic rings. The van der Waals surface area contributed by atoms with E-state index in [2.05, 4.69) is 5.32 Å². The number of rotatable bonds is 6. The van der Waals surface area contributed by atoms with Crippen molar-refractivity contribution in [2.24, 2.45) is 0 Å². The molecular formula is C28H24ClN3O2S. The van der Waals surface area contributed by atoms with Crippen LogP contribution >= 0.6 is 23.4 Å². The number of hydrogen-bond acceptors (Lipinski definition) is 4. The average molecular weight is 502 g/mol. The van der Waals surface area contributed by atoms with E-state index in [1.165, 1.54) is 16.7 Å². The highest BCUT2D eigenvalue weighted by atomic mass is 35.5. The predicted molar refractivity (Wildman–Crippen MR) is 141 cm³/mol. The molecule has 1 N–H and O–H groups in total. The van der Waals surface area contributed by atoms with Gasteiger partial charge in [0.15, 0.2) is 0 Å². The molecule has 0 aliphatic carbocycles. The highest BCUT2D eigenvalue weighted by molar-refractivity contribution is 8.05. The first-order chi connectivity index (χ1) is 16.9. The maximum Gasteiger partial charge on any atom is 0.264 e. The largest absolute Gasteiger partial charge is 0.347 e. The van der Waals surface area contributed by atoms with E-state index in [4.69, 9.17) is 11.6 Å². The zero-order valence-electron chi connectivity index (χ0n) is 19.4. The summed E-state index contributed by atoms with van der Waals surface area (Å²) in [5.41, 5.74) is 4.41. The minimum Gasteiger partial charge on any atom is -0.347 e. The molecule has 0 spiro atoms. The molecule has 1 unspecified atom stereocenters. The van der Waals surface area contributed by atoms with Gasteiger partial charge < -0.3 is 5.32 Å². The lowest BCUT2D eigenvalue weighted by Gasteiger charge is -2.20. The van der Waals surface area contributed by atoms with E-state index in [0.29, 0.717) is 22.2 Å². The second kappa shape index (κ2) is 10.8. The molecule has 0 saturated carbocycles. The first-order valence-electron chi connectivity index (χ1n) is 11.2. The van der Waals surface area contributed by atoms with Crippen LogP contribution in [-0.4, -0.2) is 17.1 Å². The summed E-state index contributed by atoms with van der Waals surface area (Å²) in [6, 6.07) is 24.6. The summed E-state index contributed by atoms with van der Waals surface area (Å²) in [5, 5.41) is 13.2. The molecule has 3 aromatic carbocycles. The van der Waals surface area contributed by atoms with Crippen LogP contribution in [0.3, 0.4) is 0 Å². The summed E-state index contributed by atoms with van der Waals surface area (Å²) >= 11 is 7.59. The maximum atomic E-state index is 13.6. The zero-order valence-corrected chi connectivity index (χ0v) is 21.0. The number of nitriles is 1. The van der Waals surface area contributed by atoms with E-state index in [-0.39, 0.29) is 18.0 Å². The number of nitrogens with zero attached hydrogens (tertiary/aromatic N) is 2. The van der Waals surface area contributed by atoms with Gasteiger partial charge in [-0.25, -0.2) is 0 Å². The molecule has 1 fully saturated rings. The zero-order chi connectivity index (χ0) is 24.9. The Morgan fingerprint density at radius 2 is 1.77 bits per heavy atom. The van der Waals surface area contributed by atoms with Gasteiger partial charge >= 0.3 is 0 Å². The summed E-state index contributed by atoms with van der Waals surface area (Å²) in [6.45, 7) is 4.24. The monoisotopic (exact) mass is 501 g/mol. The lowest BCUT2D eigenvalue weighted by molar-refractivity contribution is -0.117. The number of aryl methyl sites for hydroxylation is 2. The summed E-state index contributed by atoms with van der Waals surface area (Å²) in [5.74, 6) is -0.698. The topological polar surface area (TPSA) is 73.2 Å². The van der Waals surface area contributed by atoms with Crippen molar-refractivity contribution in [1.29, 1.82) is 5.26 Å². The standard InChI is InChI=1S/C28H24ClN3O2S/c1-18-12-13-22(14-19(18)2)32-27(34)25(15-21-10-6-7-11-24(21)29)35-28(32)23(16-30)26(33)31-17-20-8-4-3-5-9-20/h3-14,25H,15,17H2,1-2H3,(H,31,33)/b28-23-. The number of anilines is 1. The van der Waals surface area contributed by atoms with Gasteiger partial charge in [0.25, 0.3) is 5.91 Å². The van der Waals surface area contributed by atoms with E-state index in [1.54, 1.807) is 6.07 Å². The molecule has 1 atom stereocenters. The third-order valence-electron chi connectivity index (χ3n) is 5.91. The minimum atomic E-state index is -0.517. The van der Waals surface area contributed by atoms with Crippen molar-refractivity contribution in [3.63, 3.8) is 0 Å². The predicted octanol–water partition coefficient (Wildman–Crippen LogP) is 5.70. The van der Waals surface area contributed by atoms with Gasteiger partial charge in [-0.3, -0.25) is 14.5 Å². The normalized spacial score (nSPS) is 16.7. The molecule has 0 radical (unpaired) electrons. The van der Waals surface area contributed by atoms with Gasteiger partial charge in [0, 0.05) is 17.3 Å². The lowest BCUT2D eigenvalue weighted by Crippen LogP contribution is -2.32. The number of nitrogens with one attached hydrogen (secondary N) is 1. The van der Waals surface area contributed by atoms with Crippen molar-refractivity contribution in [3.05, 3.63) is 111 Å². The molecule has 35 heavy (non-hydrogen) atoms. The summed E-state index contributed by atoms with van der Waals surface area (Å²) in [6.07, 6.45) is 0.387. The Morgan fingerprint density at radius 3 is 2.46 bits per heavy atom. The Bertz CT molecular complexity index is 1350. The molecule has 1 heterocycles. The van der Waals surface area contributed by atoms with Gasteiger partial charge in [0.05, 0.1) is 5.25 Å². The first-order valence-corrected chi connectivity index (χ1v) is 12.4. The van der Waals surface area contributed by atoms with Crippen LogP contribution in [0.4, 0.5) is 5.69 Å². The van der Waals surface area contributed by atoms with Crippen LogP contribution in [0, 0.1) is 25.2 Å². The summed E-state index contributed by atoms with van der Waals surface area (Å²) in [4.78, 5) is 28.2. The Labute approximate surface area is 214 Å². The number of carbonyl (C=O) groups excluding carboxylic acids is 2. The first kappa shape index (κ1) is 24.6. The van der Waals surface area contributed by atoms with E-state index < -0.39 is 11.2 Å². The van der Waals surface area contributed by atoms with Crippen molar-refractivity contribution < 1.29 is 9.59 Å². The Balaban J connectivity index is 1.71. The average Bonchev–Trinajstić information content (AvgIpc) is 3.17. The highest BCUT2D eigenvalue weighted by Crippen LogP contribution is 2.42. The number of hydrogen-bond donors (Lipinski definition) is 1. The number of carbonyl (C=O) groups is 2. The molecule has 1 saturated heterocycles. The molecule has 7 heteroatoms. The molecule has 3 aromatic rings. The van der Waals surface area contributed by atoms with Crippen LogP contribution in [0.15, 0.2) is 83.4 Å². The van der Waals surface area contributed by atoms with Gasteiger partial charge in [-0.1, -0.05) is 78.0 Å². The smallest absolute Gasteiger partial charge is 0.264 e. The Kier molecular flexibility index (Phi) is 7.60. The second-order valence-corrected chi connectivity index (χ2v) is 9.90. The molecule has 1 aliphatic heterocycles. The van der Waals surface area contributed by atoms with Gasteiger partial charge in [0.1, 0.15) is 16.7 Å². The van der Waals surface area contributed by atoms with Crippen molar-refractivity contribution in [2.75, 3.05) is 4.90 Å². The minimum absolute atomic E-state index is 0.0841. The van der Waals surface area contributed by atoms with Crippen molar-refractivity contribution in [3.8, 4) is 6.07 Å². The van der Waals surface area contributed by atoms with Crippen LogP contribution in [0.1, 0.15) is 22.3 Å². The van der Waals surface area contributed by atoms with E-state index in [1.807, 2.05) is 86.6 Å². The molecular weight excluding hydrogens is 478 g/mol. The number of halogens is 1. The van der Waals surface area contributed by atoms with Crippen molar-refractivity contribution in [1.82, 2.24) is 5.32 Å². The van der Waals surface area contributed by atoms with Crippen LogP contribution in [0.2, 0.25) is 5.02 Å². The van der Waals surface area contributed by atoms with E-state index in [0.717, 1.165) is 22.3 Å². The molecule has 0 aromatic heterocycles. The fourth-order valence-corrected chi connectivity index (χ4v) is 5.33. The highest BCUT2D eigenvalue weighted by Gasteiger charge is 2.41. The van der Waals surface area contributed by atoms with E-state index >= 15 is 0 Å². The van der Waals surface area contributed by atoms with Crippen LogP contribution < -0.4 is 10.2 Å². The fourth-order valence-electron chi connectivity index (χ4n) is 3.82. The van der Waals surface area contributed by atoms with Crippen molar-refractivity contribution >= 4 is 40.9 Å². The Morgan fingerprint density at radius 1 is 1.06 bits per heavy atom. The van der Waals surface area contributed by atoms with Gasteiger partial charge in [-0.05, 0) is 60.7 Å². The fraction of sp³-hybridized carbons (Fsp3) is 0.179. The van der Waals surface area contributed by atoms with Crippen LogP contribution in [0.5, 0.6) is 0 Å².